The van der Waals surface area contributed by atoms with Gasteiger partial charge in [0.1, 0.15) is 6.10 Å². The van der Waals surface area contributed by atoms with Crippen molar-refractivity contribution >= 4 is 5.97 Å². The monoisotopic (exact) mass is 244 g/mol. The summed E-state index contributed by atoms with van der Waals surface area (Å²) in [5.41, 5.74) is 0. The first-order chi connectivity index (χ1) is 8.69. The van der Waals surface area contributed by atoms with E-state index in [1.165, 1.54) is 19.3 Å². The molecule has 0 aromatic heterocycles. The van der Waals surface area contributed by atoms with Gasteiger partial charge < -0.3 is 4.74 Å². The highest BCUT2D eigenvalue weighted by atomic mass is 16.5. The standard InChI is InChI=1S/C16H20O2/c1-3-14(17)18-13-7-10-6-12(13)16-11-5-9(15(10)16)4-8(11)2/h3,8-13,15-16H,4-7H2,2H3. The van der Waals surface area contributed by atoms with Crippen LogP contribution in [0, 0.1) is 48.0 Å². The number of rotatable bonds is 2. The molecule has 4 fully saturated rings. The van der Waals surface area contributed by atoms with Crippen molar-refractivity contribution in [1.82, 2.24) is 0 Å². The Labute approximate surface area is 109 Å². The highest BCUT2D eigenvalue weighted by molar-refractivity contribution is 5.81. The van der Waals surface area contributed by atoms with Gasteiger partial charge in [-0.2, -0.15) is 0 Å². The number of hydrogen-bond donors (Lipinski definition) is 0. The molecule has 4 saturated carbocycles. The van der Waals surface area contributed by atoms with E-state index in [1.54, 1.807) is 0 Å². The summed E-state index contributed by atoms with van der Waals surface area (Å²) in [4.78, 5) is 11.3. The van der Waals surface area contributed by atoms with E-state index in [4.69, 9.17) is 11.3 Å². The molecular formula is C16H20O2. The van der Waals surface area contributed by atoms with Crippen LogP contribution in [0.2, 0.25) is 0 Å². The van der Waals surface area contributed by atoms with E-state index in [0.717, 1.165) is 48.0 Å². The second-order valence-electron chi connectivity index (χ2n) is 7.04. The molecule has 0 spiro atoms. The first kappa shape index (κ1) is 11.1. The lowest BCUT2D eigenvalue weighted by molar-refractivity contribution is -0.148. The Bertz CT molecular complexity index is 402. The van der Waals surface area contributed by atoms with Crippen molar-refractivity contribution in [3.8, 4) is 0 Å². The zero-order valence-electron chi connectivity index (χ0n) is 10.8. The van der Waals surface area contributed by atoms with Crippen molar-refractivity contribution in [3.63, 3.8) is 0 Å². The van der Waals surface area contributed by atoms with Crippen molar-refractivity contribution < 1.29 is 9.53 Å². The van der Waals surface area contributed by atoms with Gasteiger partial charge in [-0.05, 0) is 73.7 Å². The molecule has 0 aromatic rings. The van der Waals surface area contributed by atoms with Gasteiger partial charge in [0.25, 0.3) is 0 Å². The molecule has 4 bridgehead atoms. The predicted octanol–water partition coefficient (Wildman–Crippen LogP) is 2.71. The molecule has 2 radical (unpaired) electrons. The smallest absolute Gasteiger partial charge is 0.331 e. The summed E-state index contributed by atoms with van der Waals surface area (Å²) in [6, 6.07) is 0. The van der Waals surface area contributed by atoms with E-state index in [2.05, 4.69) is 6.92 Å². The second-order valence-corrected chi connectivity index (χ2v) is 7.04. The molecule has 4 rings (SSSR count). The van der Waals surface area contributed by atoms with Gasteiger partial charge in [0.2, 0.25) is 0 Å². The largest absolute Gasteiger partial charge is 0.459 e. The zero-order valence-corrected chi connectivity index (χ0v) is 10.8. The van der Waals surface area contributed by atoms with Crippen molar-refractivity contribution in [3.05, 3.63) is 12.7 Å². The number of esters is 1. The molecule has 2 nitrogen and oxygen atoms in total. The van der Waals surface area contributed by atoms with Gasteiger partial charge in [0, 0.05) is 6.08 Å². The quantitative estimate of drug-likeness (QED) is 0.424. The summed E-state index contributed by atoms with van der Waals surface area (Å²) in [6.45, 7) is 9.38. The Morgan fingerprint density at radius 3 is 2.61 bits per heavy atom. The molecule has 96 valence electrons. The van der Waals surface area contributed by atoms with E-state index < -0.39 is 5.97 Å². The number of carbonyl (C=O) groups is 1. The minimum absolute atomic E-state index is 0.122. The van der Waals surface area contributed by atoms with E-state index in [0.29, 0.717) is 5.92 Å². The molecule has 0 saturated heterocycles. The molecule has 4 aliphatic rings. The molecule has 0 aromatic carbocycles. The molecule has 0 N–H and O–H groups in total. The maximum Gasteiger partial charge on any atom is 0.331 e. The summed E-state index contributed by atoms with van der Waals surface area (Å²) in [6.07, 6.45) is 6.17. The molecule has 8 atom stereocenters. The lowest BCUT2D eigenvalue weighted by Gasteiger charge is -2.40. The van der Waals surface area contributed by atoms with Crippen LogP contribution in [0.15, 0.2) is 6.08 Å². The first-order valence-electron chi connectivity index (χ1n) is 7.40. The minimum Gasteiger partial charge on any atom is -0.459 e. The van der Waals surface area contributed by atoms with Crippen LogP contribution >= 0.6 is 0 Å². The van der Waals surface area contributed by atoms with Crippen LogP contribution in [0.3, 0.4) is 0 Å². The fraction of sp³-hybridized carbons (Fsp3) is 0.812. The average molecular weight is 244 g/mol. The Morgan fingerprint density at radius 2 is 1.83 bits per heavy atom. The third kappa shape index (κ3) is 1.27. The Hall–Kier alpha value is -0.790. The third-order valence-electron chi connectivity index (χ3n) is 6.48. The molecule has 0 aliphatic heterocycles. The molecule has 0 heterocycles. The van der Waals surface area contributed by atoms with Crippen LogP contribution in [0.25, 0.3) is 0 Å². The SMILES string of the molecule is [C]=CC(=O)OC1CC2CC1C1C3CC(CC3C)C21. The summed E-state index contributed by atoms with van der Waals surface area (Å²) in [5.74, 6) is 5.52. The topological polar surface area (TPSA) is 26.3 Å². The summed E-state index contributed by atoms with van der Waals surface area (Å²) >= 11 is 0. The van der Waals surface area contributed by atoms with Crippen molar-refractivity contribution in [1.29, 1.82) is 0 Å². The fourth-order valence-electron chi connectivity index (χ4n) is 6.19. The van der Waals surface area contributed by atoms with Gasteiger partial charge in [0.15, 0.2) is 0 Å². The van der Waals surface area contributed by atoms with Gasteiger partial charge in [-0.25, -0.2) is 4.79 Å². The highest BCUT2D eigenvalue weighted by Crippen LogP contribution is 2.69. The maximum absolute atomic E-state index is 11.3. The highest BCUT2D eigenvalue weighted by Gasteiger charge is 2.64. The number of hydrogen-bond acceptors (Lipinski definition) is 2. The molecule has 2 heteroatoms. The Balaban J connectivity index is 1.56. The van der Waals surface area contributed by atoms with Crippen LogP contribution in [0.5, 0.6) is 0 Å². The van der Waals surface area contributed by atoms with E-state index in [1.807, 2.05) is 0 Å². The molecule has 18 heavy (non-hydrogen) atoms. The van der Waals surface area contributed by atoms with Crippen LogP contribution < -0.4 is 0 Å². The first-order valence-corrected chi connectivity index (χ1v) is 7.40. The Kier molecular flexibility index (Phi) is 2.22. The van der Waals surface area contributed by atoms with Crippen molar-refractivity contribution in [2.24, 2.45) is 41.4 Å². The average Bonchev–Trinajstić information content (AvgIpc) is 3.04. The van der Waals surface area contributed by atoms with Gasteiger partial charge in [-0.1, -0.05) is 6.92 Å². The van der Waals surface area contributed by atoms with Crippen LogP contribution in [-0.2, 0) is 9.53 Å². The zero-order chi connectivity index (χ0) is 12.4. The van der Waals surface area contributed by atoms with Crippen molar-refractivity contribution in [2.45, 2.75) is 38.7 Å². The minimum atomic E-state index is -0.444. The Morgan fingerprint density at radius 1 is 1.11 bits per heavy atom. The molecule has 0 amide bonds. The predicted molar refractivity (Wildman–Crippen MR) is 66.3 cm³/mol. The van der Waals surface area contributed by atoms with E-state index in [9.17, 15) is 4.79 Å². The molecule has 8 unspecified atom stereocenters. The van der Waals surface area contributed by atoms with Gasteiger partial charge in [0.05, 0.1) is 0 Å². The summed E-state index contributed by atoms with van der Waals surface area (Å²) < 4.78 is 5.46. The summed E-state index contributed by atoms with van der Waals surface area (Å²) in [5, 5.41) is 0. The van der Waals surface area contributed by atoms with Gasteiger partial charge >= 0.3 is 5.97 Å². The third-order valence-corrected chi connectivity index (χ3v) is 6.48. The fourth-order valence-corrected chi connectivity index (χ4v) is 6.19. The van der Waals surface area contributed by atoms with E-state index in [-0.39, 0.29) is 6.10 Å². The normalized spacial score (nSPS) is 55.6. The van der Waals surface area contributed by atoms with Crippen LogP contribution in [0.1, 0.15) is 32.6 Å². The number of carbonyl (C=O) groups excluding carboxylic acids is 1. The lowest BCUT2D eigenvalue weighted by Crippen LogP contribution is -2.39. The number of fused-ring (bicyclic) bond motifs is 9. The molecule has 4 aliphatic carbocycles. The lowest BCUT2D eigenvalue weighted by atomic mass is 9.67. The van der Waals surface area contributed by atoms with E-state index >= 15 is 0 Å². The van der Waals surface area contributed by atoms with Crippen molar-refractivity contribution in [2.75, 3.05) is 0 Å². The van der Waals surface area contributed by atoms with Gasteiger partial charge in [-0.15, -0.1) is 0 Å². The number of ether oxygens (including phenoxy) is 1. The van der Waals surface area contributed by atoms with Crippen LogP contribution in [-0.4, -0.2) is 12.1 Å². The van der Waals surface area contributed by atoms with Gasteiger partial charge in [-0.3, -0.25) is 0 Å². The van der Waals surface area contributed by atoms with Crippen LogP contribution in [0.4, 0.5) is 0 Å². The maximum atomic E-state index is 11.3. The summed E-state index contributed by atoms with van der Waals surface area (Å²) in [7, 11) is 0. The second kappa shape index (κ2) is 3.61. The molecular weight excluding hydrogens is 224 g/mol.